The van der Waals surface area contributed by atoms with Gasteiger partial charge in [-0.25, -0.2) is 4.68 Å². The van der Waals surface area contributed by atoms with Gasteiger partial charge in [-0.2, -0.15) is 0 Å². The minimum atomic E-state index is -0.317. The molecule has 0 bridgehead atoms. The molecule has 1 aromatic carbocycles. The second-order valence-electron chi connectivity index (χ2n) is 9.27. The summed E-state index contributed by atoms with van der Waals surface area (Å²) in [5.41, 5.74) is 1.09. The molecule has 166 valence electrons. The molecule has 1 aliphatic rings. The summed E-state index contributed by atoms with van der Waals surface area (Å²) >= 11 is 0. The molecule has 31 heavy (non-hydrogen) atoms. The molecule has 0 radical (unpaired) electrons. The number of nitrogens with zero attached hydrogens (tertiary/aromatic N) is 5. The molecule has 3 heterocycles. The Morgan fingerprint density at radius 2 is 2.13 bits per heavy atom. The van der Waals surface area contributed by atoms with Crippen molar-refractivity contribution >= 4 is 10.9 Å². The number of aromatic nitrogens is 5. The molecule has 4 rings (SSSR count). The Hall–Kier alpha value is -2.74. The number of nitrogens with one attached hydrogen (secondary N) is 1. The number of methoxy groups -OCH3 is 1. The van der Waals surface area contributed by atoms with E-state index in [-0.39, 0.29) is 17.1 Å². The van der Waals surface area contributed by atoms with E-state index in [1.165, 1.54) is 6.42 Å². The Kier molecular flexibility index (Phi) is 5.83. The van der Waals surface area contributed by atoms with Crippen molar-refractivity contribution in [3.63, 3.8) is 0 Å². The van der Waals surface area contributed by atoms with Gasteiger partial charge in [0.15, 0.2) is 5.82 Å². The zero-order valence-corrected chi connectivity index (χ0v) is 19.1. The van der Waals surface area contributed by atoms with E-state index in [0.29, 0.717) is 17.3 Å². The van der Waals surface area contributed by atoms with Gasteiger partial charge in [-0.15, -0.1) is 5.10 Å². The first-order valence-corrected chi connectivity index (χ1v) is 11.1. The van der Waals surface area contributed by atoms with Crippen molar-refractivity contribution in [1.29, 1.82) is 0 Å². The molecule has 0 amide bonds. The van der Waals surface area contributed by atoms with E-state index >= 15 is 0 Å². The highest BCUT2D eigenvalue weighted by Crippen LogP contribution is 2.33. The predicted octanol–water partition coefficient (Wildman–Crippen LogP) is 3.49. The summed E-state index contributed by atoms with van der Waals surface area (Å²) in [6.07, 6.45) is 3.16. The average Bonchev–Trinajstić information content (AvgIpc) is 3.24. The molecule has 1 fully saturated rings. The Morgan fingerprint density at radius 3 is 2.84 bits per heavy atom. The fourth-order valence-electron chi connectivity index (χ4n) is 4.44. The van der Waals surface area contributed by atoms with Gasteiger partial charge < -0.3 is 9.72 Å². The van der Waals surface area contributed by atoms with Gasteiger partial charge in [0.1, 0.15) is 11.8 Å². The molecule has 1 saturated heterocycles. The summed E-state index contributed by atoms with van der Waals surface area (Å²) in [5, 5.41) is 13.7. The Bertz CT molecular complexity index is 1120. The molecule has 8 nitrogen and oxygen atoms in total. The van der Waals surface area contributed by atoms with Crippen LogP contribution in [0.5, 0.6) is 5.75 Å². The Balaban J connectivity index is 1.91. The zero-order valence-electron chi connectivity index (χ0n) is 19.1. The van der Waals surface area contributed by atoms with E-state index in [9.17, 15) is 4.79 Å². The molecule has 2 unspecified atom stereocenters. The maximum Gasteiger partial charge on any atom is 0.253 e. The SMILES string of the molecule is CCC(C)(C)n1nnnc1C(c1cc2cc(OC)ccc2[nH]c1=O)N1CCCC(C)C1. The summed E-state index contributed by atoms with van der Waals surface area (Å²) in [5.74, 6) is 2.03. The van der Waals surface area contributed by atoms with Crippen molar-refractivity contribution < 1.29 is 4.74 Å². The number of ether oxygens (including phenoxy) is 1. The smallest absolute Gasteiger partial charge is 0.253 e. The number of rotatable bonds is 6. The number of piperidine rings is 1. The van der Waals surface area contributed by atoms with Crippen LogP contribution in [0.1, 0.15) is 64.4 Å². The van der Waals surface area contributed by atoms with Crippen molar-refractivity contribution in [3.8, 4) is 5.75 Å². The molecule has 0 spiro atoms. The van der Waals surface area contributed by atoms with Crippen LogP contribution in [-0.2, 0) is 5.54 Å². The monoisotopic (exact) mass is 424 g/mol. The lowest BCUT2D eigenvalue weighted by molar-refractivity contribution is 0.135. The third-order valence-corrected chi connectivity index (χ3v) is 6.61. The van der Waals surface area contributed by atoms with Crippen LogP contribution in [0.4, 0.5) is 0 Å². The summed E-state index contributed by atoms with van der Waals surface area (Å²) in [4.78, 5) is 18.7. The lowest BCUT2D eigenvalue weighted by atomic mass is 9.94. The van der Waals surface area contributed by atoms with Gasteiger partial charge in [0.25, 0.3) is 5.56 Å². The van der Waals surface area contributed by atoms with Crippen LogP contribution in [0.25, 0.3) is 10.9 Å². The van der Waals surface area contributed by atoms with E-state index in [4.69, 9.17) is 4.74 Å². The number of H-pyrrole nitrogens is 1. The fraction of sp³-hybridized carbons (Fsp3) is 0.565. The lowest BCUT2D eigenvalue weighted by Gasteiger charge is -2.37. The standard InChI is InChI=1S/C23H32N6O2/c1-6-23(3,4)29-21(25-26-27-29)20(28-11-7-8-15(2)14-28)18-13-16-12-17(31-5)9-10-19(16)24-22(18)30/h9-10,12-13,15,20H,6-8,11,14H2,1-5H3,(H,24,30). The van der Waals surface area contributed by atoms with Gasteiger partial charge in [0.2, 0.25) is 0 Å². The quantitative estimate of drug-likeness (QED) is 0.652. The number of aromatic amines is 1. The minimum Gasteiger partial charge on any atom is -0.497 e. The molecule has 1 aliphatic heterocycles. The van der Waals surface area contributed by atoms with Crippen molar-refractivity contribution in [2.24, 2.45) is 5.92 Å². The number of hydrogen-bond acceptors (Lipinski definition) is 6. The van der Waals surface area contributed by atoms with Gasteiger partial charge in [0, 0.05) is 23.0 Å². The van der Waals surface area contributed by atoms with Gasteiger partial charge in [0.05, 0.1) is 12.6 Å². The van der Waals surface area contributed by atoms with Crippen LogP contribution in [0.15, 0.2) is 29.1 Å². The van der Waals surface area contributed by atoms with E-state index in [2.05, 4.69) is 53.1 Å². The molecule has 2 aromatic heterocycles. The van der Waals surface area contributed by atoms with E-state index in [1.807, 2.05) is 28.9 Å². The highest BCUT2D eigenvalue weighted by atomic mass is 16.5. The number of tetrazole rings is 1. The van der Waals surface area contributed by atoms with Gasteiger partial charge in [-0.05, 0) is 80.3 Å². The average molecular weight is 425 g/mol. The summed E-state index contributed by atoms with van der Waals surface area (Å²) in [6.45, 7) is 10.4. The number of benzene rings is 1. The first-order valence-electron chi connectivity index (χ1n) is 11.1. The molecule has 0 saturated carbocycles. The largest absolute Gasteiger partial charge is 0.497 e. The van der Waals surface area contributed by atoms with Crippen molar-refractivity contribution in [2.45, 2.75) is 58.5 Å². The normalized spacial score (nSPS) is 18.9. The highest BCUT2D eigenvalue weighted by Gasteiger charge is 2.35. The molecule has 8 heteroatoms. The second kappa shape index (κ2) is 8.42. The third-order valence-electron chi connectivity index (χ3n) is 6.61. The van der Waals surface area contributed by atoms with Crippen LogP contribution in [0.2, 0.25) is 0 Å². The molecular weight excluding hydrogens is 392 g/mol. The molecule has 2 atom stereocenters. The first-order chi connectivity index (χ1) is 14.8. The first kappa shape index (κ1) is 21.5. The van der Waals surface area contributed by atoms with Crippen LogP contribution in [-0.4, -0.2) is 50.3 Å². The van der Waals surface area contributed by atoms with Gasteiger partial charge in [-0.3, -0.25) is 9.69 Å². The number of pyridine rings is 1. The summed E-state index contributed by atoms with van der Waals surface area (Å²) in [6, 6.07) is 7.33. The predicted molar refractivity (Wildman–Crippen MR) is 120 cm³/mol. The molecule has 1 N–H and O–H groups in total. The molecular formula is C23H32N6O2. The second-order valence-corrected chi connectivity index (χ2v) is 9.27. The highest BCUT2D eigenvalue weighted by molar-refractivity contribution is 5.80. The van der Waals surface area contributed by atoms with Crippen molar-refractivity contribution in [2.75, 3.05) is 20.2 Å². The Labute approximate surface area is 182 Å². The zero-order chi connectivity index (χ0) is 22.2. The third kappa shape index (κ3) is 4.08. The van der Waals surface area contributed by atoms with Crippen LogP contribution in [0.3, 0.4) is 0 Å². The molecule has 0 aliphatic carbocycles. The van der Waals surface area contributed by atoms with Crippen LogP contribution >= 0.6 is 0 Å². The summed E-state index contributed by atoms with van der Waals surface area (Å²) < 4.78 is 7.29. The van der Waals surface area contributed by atoms with Crippen molar-refractivity contribution in [1.82, 2.24) is 30.1 Å². The van der Waals surface area contributed by atoms with Crippen LogP contribution < -0.4 is 10.3 Å². The van der Waals surface area contributed by atoms with E-state index < -0.39 is 0 Å². The van der Waals surface area contributed by atoms with Crippen molar-refractivity contribution in [3.05, 3.63) is 46.0 Å². The van der Waals surface area contributed by atoms with Crippen LogP contribution in [0, 0.1) is 5.92 Å². The fourth-order valence-corrected chi connectivity index (χ4v) is 4.44. The Morgan fingerprint density at radius 1 is 1.32 bits per heavy atom. The molecule has 3 aromatic rings. The van der Waals surface area contributed by atoms with Gasteiger partial charge >= 0.3 is 0 Å². The lowest BCUT2D eigenvalue weighted by Crippen LogP contribution is -2.42. The number of fused-ring (bicyclic) bond motifs is 1. The minimum absolute atomic E-state index is 0.107. The number of likely N-dealkylation sites (tertiary alicyclic amines) is 1. The van der Waals surface area contributed by atoms with Gasteiger partial charge in [-0.1, -0.05) is 13.8 Å². The maximum atomic E-state index is 13.3. The number of hydrogen-bond donors (Lipinski definition) is 1. The topological polar surface area (TPSA) is 88.9 Å². The van der Waals surface area contributed by atoms with E-state index in [0.717, 1.165) is 42.6 Å². The summed E-state index contributed by atoms with van der Waals surface area (Å²) in [7, 11) is 1.65. The van der Waals surface area contributed by atoms with E-state index in [1.54, 1.807) is 7.11 Å². The maximum absolute atomic E-state index is 13.3.